The monoisotopic (exact) mass is 185 g/mol. The van der Waals surface area contributed by atoms with Crippen LogP contribution >= 0.6 is 11.8 Å². The third kappa shape index (κ3) is 1.51. The Balaban J connectivity index is 1.84. The van der Waals surface area contributed by atoms with Crippen molar-refractivity contribution in [3.63, 3.8) is 0 Å². The summed E-state index contributed by atoms with van der Waals surface area (Å²) in [6.45, 7) is 5.95. The molecule has 2 fully saturated rings. The highest BCUT2D eigenvalue weighted by Crippen LogP contribution is 2.50. The van der Waals surface area contributed by atoms with E-state index in [1.54, 1.807) is 0 Å². The van der Waals surface area contributed by atoms with Crippen molar-refractivity contribution < 1.29 is 0 Å². The average Bonchev–Trinajstić information content (AvgIpc) is 2.01. The largest absolute Gasteiger partial charge is 0.303 e. The SMILES string of the molecule is CC(C)C1CC2(C1)NCCCS2. The number of hydrogen-bond acceptors (Lipinski definition) is 2. The molecule has 0 atom stereocenters. The van der Waals surface area contributed by atoms with E-state index in [9.17, 15) is 0 Å². The normalized spacial score (nSPS) is 41.8. The molecule has 0 radical (unpaired) electrons. The van der Waals surface area contributed by atoms with Gasteiger partial charge in [0.15, 0.2) is 0 Å². The molecule has 0 aromatic heterocycles. The van der Waals surface area contributed by atoms with Crippen molar-refractivity contribution >= 4 is 11.8 Å². The van der Waals surface area contributed by atoms with E-state index >= 15 is 0 Å². The van der Waals surface area contributed by atoms with Gasteiger partial charge in [-0.05, 0) is 43.4 Å². The van der Waals surface area contributed by atoms with E-state index in [0.29, 0.717) is 4.87 Å². The summed E-state index contributed by atoms with van der Waals surface area (Å²) in [4.78, 5) is 0.521. The Labute approximate surface area is 79.7 Å². The van der Waals surface area contributed by atoms with E-state index in [-0.39, 0.29) is 0 Å². The lowest BCUT2D eigenvalue weighted by molar-refractivity contribution is 0.140. The first-order valence-corrected chi connectivity index (χ1v) is 6.09. The number of thioether (sulfide) groups is 1. The molecule has 0 aromatic rings. The zero-order valence-corrected chi connectivity index (χ0v) is 8.91. The topological polar surface area (TPSA) is 12.0 Å². The lowest BCUT2D eigenvalue weighted by Gasteiger charge is -2.51. The predicted octanol–water partition coefficient (Wildman–Crippen LogP) is 2.48. The molecule has 2 rings (SSSR count). The summed E-state index contributed by atoms with van der Waals surface area (Å²) in [5.74, 6) is 3.25. The summed E-state index contributed by atoms with van der Waals surface area (Å²) in [6, 6.07) is 0. The van der Waals surface area contributed by atoms with Crippen LogP contribution in [-0.4, -0.2) is 17.2 Å². The van der Waals surface area contributed by atoms with Crippen molar-refractivity contribution in [2.24, 2.45) is 11.8 Å². The fourth-order valence-electron chi connectivity index (χ4n) is 2.23. The molecule has 12 heavy (non-hydrogen) atoms. The Morgan fingerprint density at radius 1 is 1.42 bits per heavy atom. The van der Waals surface area contributed by atoms with Crippen LogP contribution in [0.25, 0.3) is 0 Å². The maximum atomic E-state index is 3.68. The van der Waals surface area contributed by atoms with Gasteiger partial charge in [-0.1, -0.05) is 13.8 Å². The smallest absolute Gasteiger partial charge is 0.0650 e. The van der Waals surface area contributed by atoms with E-state index < -0.39 is 0 Å². The van der Waals surface area contributed by atoms with Crippen LogP contribution < -0.4 is 5.32 Å². The Morgan fingerprint density at radius 2 is 2.17 bits per heavy atom. The Morgan fingerprint density at radius 3 is 2.67 bits per heavy atom. The molecule has 0 aromatic carbocycles. The van der Waals surface area contributed by atoms with Crippen LogP contribution in [0.15, 0.2) is 0 Å². The van der Waals surface area contributed by atoms with Gasteiger partial charge >= 0.3 is 0 Å². The summed E-state index contributed by atoms with van der Waals surface area (Å²) < 4.78 is 0. The Bertz CT molecular complexity index is 153. The van der Waals surface area contributed by atoms with E-state index in [1.807, 2.05) is 0 Å². The van der Waals surface area contributed by atoms with Crippen molar-refractivity contribution in [2.45, 2.75) is 38.0 Å². The van der Waals surface area contributed by atoms with E-state index in [0.717, 1.165) is 11.8 Å². The minimum atomic E-state index is 0.521. The molecule has 1 aliphatic carbocycles. The predicted molar refractivity (Wildman–Crippen MR) is 55.4 cm³/mol. The zero-order valence-electron chi connectivity index (χ0n) is 8.10. The highest BCUT2D eigenvalue weighted by atomic mass is 32.2. The molecular weight excluding hydrogens is 166 g/mol. The van der Waals surface area contributed by atoms with Crippen molar-refractivity contribution in [2.75, 3.05) is 12.3 Å². The van der Waals surface area contributed by atoms with Crippen LogP contribution in [-0.2, 0) is 0 Å². The van der Waals surface area contributed by atoms with Gasteiger partial charge in [-0.15, -0.1) is 11.8 Å². The van der Waals surface area contributed by atoms with Gasteiger partial charge in [0.05, 0.1) is 4.87 Å². The first-order chi connectivity index (χ1) is 5.72. The second kappa shape index (κ2) is 3.22. The molecule has 0 amide bonds. The molecule has 1 nitrogen and oxygen atoms in total. The summed E-state index contributed by atoms with van der Waals surface area (Å²) in [5.41, 5.74) is 0. The summed E-state index contributed by atoms with van der Waals surface area (Å²) in [7, 11) is 0. The Kier molecular flexibility index (Phi) is 2.39. The quantitative estimate of drug-likeness (QED) is 0.673. The molecule has 1 saturated carbocycles. The highest BCUT2D eigenvalue weighted by Gasteiger charge is 2.46. The fourth-order valence-corrected chi connectivity index (χ4v) is 3.78. The fraction of sp³-hybridized carbons (Fsp3) is 1.00. The van der Waals surface area contributed by atoms with Gasteiger partial charge in [-0.2, -0.15) is 0 Å². The van der Waals surface area contributed by atoms with Gasteiger partial charge in [-0.25, -0.2) is 0 Å². The highest BCUT2D eigenvalue weighted by molar-refractivity contribution is 8.00. The lowest BCUT2D eigenvalue weighted by Crippen LogP contribution is -2.56. The second-order valence-electron chi connectivity index (χ2n) is 4.54. The summed E-state index contributed by atoms with van der Waals surface area (Å²) in [6.07, 6.45) is 4.18. The molecular formula is C10H19NS. The van der Waals surface area contributed by atoms with Gasteiger partial charge in [0.2, 0.25) is 0 Å². The number of hydrogen-bond donors (Lipinski definition) is 1. The lowest BCUT2D eigenvalue weighted by atomic mass is 9.73. The van der Waals surface area contributed by atoms with E-state index in [1.165, 1.54) is 31.6 Å². The van der Waals surface area contributed by atoms with Crippen LogP contribution in [0.1, 0.15) is 33.1 Å². The molecule has 0 bridgehead atoms. The third-order valence-electron chi connectivity index (χ3n) is 3.27. The average molecular weight is 185 g/mol. The zero-order chi connectivity index (χ0) is 8.60. The van der Waals surface area contributed by atoms with Crippen LogP contribution in [0.2, 0.25) is 0 Å². The first kappa shape index (κ1) is 8.89. The molecule has 1 heterocycles. The van der Waals surface area contributed by atoms with Gasteiger partial charge in [0.1, 0.15) is 0 Å². The standard InChI is InChI=1S/C10H19NS/c1-8(2)9-6-10(7-9)11-4-3-5-12-10/h8-9,11H,3-7H2,1-2H3. The molecule has 1 N–H and O–H groups in total. The number of nitrogens with one attached hydrogen (secondary N) is 1. The van der Waals surface area contributed by atoms with Crippen molar-refractivity contribution in [3.05, 3.63) is 0 Å². The molecule has 0 unspecified atom stereocenters. The molecule has 1 aliphatic heterocycles. The minimum absolute atomic E-state index is 0.521. The van der Waals surface area contributed by atoms with Gasteiger partial charge in [-0.3, -0.25) is 0 Å². The van der Waals surface area contributed by atoms with Crippen LogP contribution in [0.4, 0.5) is 0 Å². The molecule has 1 saturated heterocycles. The minimum Gasteiger partial charge on any atom is -0.303 e. The molecule has 70 valence electrons. The van der Waals surface area contributed by atoms with Gasteiger partial charge in [0, 0.05) is 0 Å². The van der Waals surface area contributed by atoms with Gasteiger partial charge < -0.3 is 5.32 Å². The van der Waals surface area contributed by atoms with Crippen LogP contribution in [0.3, 0.4) is 0 Å². The second-order valence-corrected chi connectivity index (χ2v) is 6.01. The van der Waals surface area contributed by atoms with Crippen LogP contribution in [0, 0.1) is 11.8 Å². The first-order valence-electron chi connectivity index (χ1n) is 5.11. The maximum Gasteiger partial charge on any atom is 0.0650 e. The number of rotatable bonds is 1. The van der Waals surface area contributed by atoms with Gasteiger partial charge in [0.25, 0.3) is 0 Å². The van der Waals surface area contributed by atoms with Crippen molar-refractivity contribution in [1.82, 2.24) is 5.32 Å². The van der Waals surface area contributed by atoms with Crippen molar-refractivity contribution in [1.29, 1.82) is 0 Å². The maximum absolute atomic E-state index is 3.68. The van der Waals surface area contributed by atoms with Crippen molar-refractivity contribution in [3.8, 4) is 0 Å². The summed E-state index contributed by atoms with van der Waals surface area (Å²) in [5, 5.41) is 3.68. The van der Waals surface area contributed by atoms with E-state index in [2.05, 4.69) is 30.9 Å². The Hall–Kier alpha value is 0.310. The van der Waals surface area contributed by atoms with Crippen LogP contribution in [0.5, 0.6) is 0 Å². The third-order valence-corrected chi connectivity index (χ3v) is 4.80. The molecule has 2 heteroatoms. The van der Waals surface area contributed by atoms with E-state index in [4.69, 9.17) is 0 Å². The summed E-state index contributed by atoms with van der Waals surface area (Å²) >= 11 is 2.16. The molecule has 1 spiro atoms. The molecule has 2 aliphatic rings.